The number of aliphatic carboxylic acids is 1. The fraction of sp³-hybridized carbons (Fsp3) is 0.577. The van der Waals surface area contributed by atoms with Gasteiger partial charge in [-0.3, -0.25) is 23.9 Å². The number of carboxylic acids is 1. The highest BCUT2D eigenvalue weighted by atomic mass is 32.2. The molecular formula is C26H34N4O4S2. The van der Waals surface area contributed by atoms with Gasteiger partial charge in [0.2, 0.25) is 0 Å². The minimum Gasteiger partial charge on any atom is -0.481 e. The highest BCUT2D eigenvalue weighted by Gasteiger charge is 2.33. The molecule has 1 amide bonds. The van der Waals surface area contributed by atoms with Crippen LogP contribution in [0.15, 0.2) is 9.70 Å². The number of hydrogen-bond acceptors (Lipinski definition) is 7. The van der Waals surface area contributed by atoms with Crippen molar-refractivity contribution in [1.29, 1.82) is 5.26 Å². The molecule has 0 saturated carbocycles. The molecule has 3 heterocycles. The first-order valence-electron chi connectivity index (χ1n) is 12.5. The summed E-state index contributed by atoms with van der Waals surface area (Å²) in [5.41, 5.74) is 1.09. The van der Waals surface area contributed by atoms with Crippen LogP contribution in [0.3, 0.4) is 0 Å². The number of carboxylic acid groups (broad SMARTS) is 1. The van der Waals surface area contributed by atoms with Crippen LogP contribution in [0.2, 0.25) is 0 Å². The van der Waals surface area contributed by atoms with Crippen LogP contribution in [-0.4, -0.2) is 50.4 Å². The molecule has 3 rings (SSSR count). The summed E-state index contributed by atoms with van der Waals surface area (Å²) in [5, 5.41) is 18.6. The van der Waals surface area contributed by atoms with Crippen LogP contribution in [0.1, 0.15) is 69.6 Å². The van der Waals surface area contributed by atoms with Crippen molar-refractivity contribution in [2.24, 2.45) is 11.8 Å². The fourth-order valence-corrected chi connectivity index (χ4v) is 6.45. The number of nitrogens with zero attached hydrogens (tertiary/aromatic N) is 4. The van der Waals surface area contributed by atoms with E-state index < -0.39 is 5.97 Å². The third-order valence-electron chi connectivity index (χ3n) is 6.75. The van der Waals surface area contributed by atoms with Gasteiger partial charge in [0, 0.05) is 38.2 Å². The van der Waals surface area contributed by atoms with Gasteiger partial charge in [-0.1, -0.05) is 44.2 Å². The van der Waals surface area contributed by atoms with Gasteiger partial charge in [-0.2, -0.15) is 5.26 Å². The van der Waals surface area contributed by atoms with Gasteiger partial charge in [0.15, 0.2) is 0 Å². The molecule has 0 spiro atoms. The predicted octanol–water partition coefficient (Wildman–Crippen LogP) is 4.38. The number of hydrogen-bond donors (Lipinski definition) is 1. The van der Waals surface area contributed by atoms with E-state index in [-0.39, 0.29) is 23.5 Å². The summed E-state index contributed by atoms with van der Waals surface area (Å²) in [6.07, 6.45) is 4.95. The van der Waals surface area contributed by atoms with Crippen LogP contribution in [0.4, 0.5) is 5.82 Å². The Hall–Kier alpha value is -2.64. The van der Waals surface area contributed by atoms with Crippen molar-refractivity contribution in [2.75, 3.05) is 24.5 Å². The molecule has 0 radical (unpaired) electrons. The van der Waals surface area contributed by atoms with Crippen LogP contribution in [-0.2, 0) is 16.1 Å². The van der Waals surface area contributed by atoms with Crippen molar-refractivity contribution >= 4 is 52.1 Å². The van der Waals surface area contributed by atoms with Crippen molar-refractivity contribution in [1.82, 2.24) is 9.47 Å². The molecule has 1 aromatic heterocycles. The quantitative estimate of drug-likeness (QED) is 0.285. The number of piperidine rings is 1. The van der Waals surface area contributed by atoms with E-state index in [4.69, 9.17) is 17.3 Å². The summed E-state index contributed by atoms with van der Waals surface area (Å²) in [5.74, 6) is 0.657. The molecule has 0 bridgehead atoms. The highest BCUT2D eigenvalue weighted by molar-refractivity contribution is 8.26. The first-order chi connectivity index (χ1) is 17.1. The standard InChI is InChI=1S/C26H34N4O4S2/c1-5-29-23(28-14-16(2)11-17(3)15-28)19(18(4)20(13-27)24(29)33)12-21-25(34)30(26(35)36-21)10-8-6-7-9-22(31)32/h12,16-17H,5-11,14-15H2,1-4H3,(H,31,32)/b21-12-. The lowest BCUT2D eigenvalue weighted by atomic mass is 9.91. The SMILES string of the molecule is CCn1c(N2CC(C)CC(C)C2)c(/C=C2\SC(=S)N(CCCCCC(=O)O)C2=O)c(C)c(C#N)c1=O. The van der Waals surface area contributed by atoms with E-state index in [0.717, 1.165) is 30.9 Å². The monoisotopic (exact) mass is 530 g/mol. The smallest absolute Gasteiger partial charge is 0.303 e. The summed E-state index contributed by atoms with van der Waals surface area (Å²) >= 11 is 6.71. The van der Waals surface area contributed by atoms with Crippen LogP contribution >= 0.6 is 24.0 Å². The van der Waals surface area contributed by atoms with E-state index in [9.17, 15) is 19.6 Å². The number of thioether (sulfide) groups is 1. The number of unbranched alkanes of at least 4 members (excludes halogenated alkanes) is 2. The lowest BCUT2D eigenvalue weighted by molar-refractivity contribution is -0.137. The van der Waals surface area contributed by atoms with Gasteiger partial charge in [-0.25, -0.2) is 0 Å². The summed E-state index contributed by atoms with van der Waals surface area (Å²) in [6, 6.07) is 2.08. The molecule has 8 nitrogen and oxygen atoms in total. The Morgan fingerprint density at radius 3 is 2.47 bits per heavy atom. The predicted molar refractivity (Wildman–Crippen MR) is 147 cm³/mol. The molecule has 10 heteroatoms. The Bertz CT molecular complexity index is 1170. The van der Waals surface area contributed by atoms with Crippen molar-refractivity contribution in [3.05, 3.63) is 31.9 Å². The summed E-state index contributed by atoms with van der Waals surface area (Å²) in [7, 11) is 0. The zero-order valence-electron chi connectivity index (χ0n) is 21.4. The third-order valence-corrected chi connectivity index (χ3v) is 8.13. The number of thiocarbonyl (C=S) groups is 1. The molecule has 1 N–H and O–H groups in total. The number of anilines is 1. The van der Waals surface area contributed by atoms with Gasteiger partial charge >= 0.3 is 5.97 Å². The molecule has 2 fully saturated rings. The second kappa shape index (κ2) is 12.1. The lowest BCUT2D eigenvalue weighted by Gasteiger charge is -2.38. The average molecular weight is 531 g/mol. The first-order valence-corrected chi connectivity index (χ1v) is 13.7. The molecule has 2 unspecified atom stereocenters. The molecule has 2 aliphatic rings. The molecule has 2 atom stereocenters. The summed E-state index contributed by atoms with van der Waals surface area (Å²) in [6.45, 7) is 10.5. The number of nitriles is 1. The molecule has 0 aromatic carbocycles. The second-order valence-electron chi connectivity index (χ2n) is 9.79. The Morgan fingerprint density at radius 1 is 1.22 bits per heavy atom. The molecule has 36 heavy (non-hydrogen) atoms. The minimum atomic E-state index is -0.822. The van der Waals surface area contributed by atoms with Crippen molar-refractivity contribution in [3.63, 3.8) is 0 Å². The second-order valence-corrected chi connectivity index (χ2v) is 11.5. The van der Waals surface area contributed by atoms with Crippen molar-refractivity contribution in [2.45, 2.75) is 66.3 Å². The van der Waals surface area contributed by atoms with Crippen LogP contribution in [0, 0.1) is 30.1 Å². The van der Waals surface area contributed by atoms with E-state index >= 15 is 0 Å². The molecule has 0 aliphatic carbocycles. The average Bonchev–Trinajstić information content (AvgIpc) is 3.07. The summed E-state index contributed by atoms with van der Waals surface area (Å²) < 4.78 is 2.12. The Morgan fingerprint density at radius 2 is 1.89 bits per heavy atom. The van der Waals surface area contributed by atoms with E-state index in [1.165, 1.54) is 11.8 Å². The third kappa shape index (κ3) is 6.01. The molecule has 194 valence electrons. The minimum absolute atomic E-state index is 0.0962. The maximum absolute atomic E-state index is 13.3. The maximum atomic E-state index is 13.3. The van der Waals surface area contributed by atoms with E-state index in [2.05, 4.69) is 24.8 Å². The lowest BCUT2D eigenvalue weighted by Crippen LogP contribution is -2.42. The number of carbonyl (C=O) groups is 2. The fourth-order valence-electron chi connectivity index (χ4n) is 5.16. The highest BCUT2D eigenvalue weighted by Crippen LogP contribution is 2.37. The van der Waals surface area contributed by atoms with Gasteiger partial charge in [0.05, 0.1) is 4.91 Å². The summed E-state index contributed by atoms with van der Waals surface area (Å²) in [4.78, 5) is 41.5. The molecule has 2 aliphatic heterocycles. The number of carbonyl (C=O) groups excluding carboxylic acids is 1. The first kappa shape index (κ1) is 27.9. The number of amides is 1. The van der Waals surface area contributed by atoms with Crippen LogP contribution in [0.5, 0.6) is 0 Å². The van der Waals surface area contributed by atoms with Gasteiger partial charge in [-0.05, 0) is 56.6 Å². The van der Waals surface area contributed by atoms with Crippen LogP contribution in [0.25, 0.3) is 6.08 Å². The molecule has 1 aromatic rings. The van der Waals surface area contributed by atoms with Crippen molar-refractivity contribution in [3.8, 4) is 6.07 Å². The van der Waals surface area contributed by atoms with Crippen LogP contribution < -0.4 is 10.5 Å². The molecular weight excluding hydrogens is 496 g/mol. The number of rotatable bonds is 9. The van der Waals surface area contributed by atoms with Crippen molar-refractivity contribution < 1.29 is 14.7 Å². The van der Waals surface area contributed by atoms with E-state index in [0.29, 0.717) is 59.0 Å². The topological polar surface area (TPSA) is 107 Å². The number of aromatic nitrogens is 1. The zero-order valence-corrected chi connectivity index (χ0v) is 23.0. The Labute approximate surface area is 221 Å². The van der Waals surface area contributed by atoms with Gasteiger partial charge in [-0.15, -0.1) is 0 Å². The number of pyridine rings is 1. The largest absolute Gasteiger partial charge is 0.481 e. The zero-order chi connectivity index (χ0) is 26.6. The normalized spacial score (nSPS) is 21.4. The Balaban J connectivity index is 2.00. The molecule has 2 saturated heterocycles. The van der Waals surface area contributed by atoms with Gasteiger partial charge < -0.3 is 10.0 Å². The maximum Gasteiger partial charge on any atom is 0.303 e. The van der Waals surface area contributed by atoms with E-state index in [1.54, 1.807) is 22.5 Å². The van der Waals surface area contributed by atoms with E-state index in [1.807, 2.05) is 6.92 Å². The van der Waals surface area contributed by atoms with Gasteiger partial charge in [0.25, 0.3) is 11.5 Å². The van der Waals surface area contributed by atoms with Gasteiger partial charge in [0.1, 0.15) is 21.8 Å². The Kier molecular flexibility index (Phi) is 9.36.